The van der Waals surface area contributed by atoms with Crippen molar-refractivity contribution in [2.24, 2.45) is 0 Å². The molecule has 0 rings (SSSR count). The smallest absolute Gasteiger partial charge is 0.210 e. The SMILES string of the molecule is N#CSC[C]=O. The quantitative estimate of drug-likeness (QED) is 0.370. The fraction of sp³-hybridized carbons (Fsp3) is 0.333. The van der Waals surface area contributed by atoms with Crippen LogP contribution in [-0.4, -0.2) is 12.0 Å². The van der Waals surface area contributed by atoms with Gasteiger partial charge in [-0.1, -0.05) is 0 Å². The summed E-state index contributed by atoms with van der Waals surface area (Å²) in [7, 11) is 0. The summed E-state index contributed by atoms with van der Waals surface area (Å²) in [6.07, 6.45) is 1.56. The minimum Gasteiger partial charge on any atom is -0.290 e. The van der Waals surface area contributed by atoms with Gasteiger partial charge in [0.2, 0.25) is 6.29 Å². The minimum atomic E-state index is 0.163. The molecule has 0 atom stereocenters. The van der Waals surface area contributed by atoms with E-state index >= 15 is 0 Å². The summed E-state index contributed by atoms with van der Waals surface area (Å²) < 4.78 is 0. The third-order valence-corrected chi connectivity index (χ3v) is 0.587. The first-order chi connectivity index (χ1) is 2.91. The maximum Gasteiger partial charge on any atom is 0.210 e. The van der Waals surface area contributed by atoms with Gasteiger partial charge in [0, 0.05) is 0 Å². The molecule has 0 aromatic carbocycles. The Bertz CT molecular complexity index is 75.4. The van der Waals surface area contributed by atoms with Crippen LogP contribution in [0.15, 0.2) is 0 Å². The van der Waals surface area contributed by atoms with E-state index in [1.807, 2.05) is 0 Å². The fourth-order valence-electron chi connectivity index (χ4n) is 0.0617. The monoisotopic (exact) mass is 100.0 g/mol. The van der Waals surface area contributed by atoms with E-state index < -0.39 is 0 Å². The summed E-state index contributed by atoms with van der Waals surface area (Å²) in [5, 5.41) is 9.45. The van der Waals surface area contributed by atoms with Crippen molar-refractivity contribution in [3.05, 3.63) is 0 Å². The number of nitrogens with zero attached hydrogens (tertiary/aromatic N) is 1. The molecule has 0 heterocycles. The second-order valence-electron chi connectivity index (χ2n) is 0.524. The van der Waals surface area contributed by atoms with Crippen LogP contribution in [0.1, 0.15) is 0 Å². The van der Waals surface area contributed by atoms with E-state index in [9.17, 15) is 4.79 Å². The molecule has 0 aromatic heterocycles. The van der Waals surface area contributed by atoms with E-state index in [-0.39, 0.29) is 5.75 Å². The van der Waals surface area contributed by atoms with Crippen LogP contribution in [0.5, 0.6) is 0 Å². The molecule has 0 N–H and O–H groups in total. The number of thioether (sulfide) groups is 1. The van der Waals surface area contributed by atoms with Crippen molar-refractivity contribution < 1.29 is 4.79 Å². The summed E-state index contributed by atoms with van der Waals surface area (Å²) in [5.74, 6) is 0.163. The van der Waals surface area contributed by atoms with Crippen LogP contribution in [0.3, 0.4) is 0 Å². The highest BCUT2D eigenvalue weighted by Crippen LogP contribution is 1.88. The largest absolute Gasteiger partial charge is 0.290 e. The fourth-order valence-corrected chi connectivity index (χ4v) is 0.185. The highest BCUT2D eigenvalue weighted by atomic mass is 32.2. The van der Waals surface area contributed by atoms with E-state index in [0.29, 0.717) is 0 Å². The van der Waals surface area contributed by atoms with Gasteiger partial charge in [-0.05, 0) is 11.8 Å². The van der Waals surface area contributed by atoms with Gasteiger partial charge in [-0.15, -0.1) is 0 Å². The molecule has 0 aromatic rings. The summed E-state index contributed by atoms with van der Waals surface area (Å²) in [5.41, 5.74) is 0. The highest BCUT2D eigenvalue weighted by molar-refractivity contribution is 8.04. The molecule has 0 fully saturated rings. The van der Waals surface area contributed by atoms with Crippen molar-refractivity contribution in [1.29, 1.82) is 5.26 Å². The van der Waals surface area contributed by atoms with E-state index in [4.69, 9.17) is 5.26 Å². The van der Waals surface area contributed by atoms with Crippen molar-refractivity contribution >= 4 is 18.0 Å². The zero-order valence-corrected chi connectivity index (χ0v) is 3.79. The van der Waals surface area contributed by atoms with E-state index in [2.05, 4.69) is 0 Å². The number of thiocyanates is 1. The van der Waals surface area contributed by atoms with Crippen LogP contribution in [0.25, 0.3) is 0 Å². The molecule has 0 saturated carbocycles. The van der Waals surface area contributed by atoms with E-state index in [1.165, 1.54) is 0 Å². The standard InChI is InChI=1S/C3H2NOS/c4-3-6-2-1-5/h2H2. The van der Waals surface area contributed by atoms with Crippen LogP contribution in [0, 0.1) is 10.7 Å². The van der Waals surface area contributed by atoms with Crippen LogP contribution in [-0.2, 0) is 4.79 Å². The number of nitriles is 1. The molecule has 0 amide bonds. The molecule has 31 valence electrons. The number of rotatable bonds is 2. The van der Waals surface area contributed by atoms with Crippen molar-refractivity contribution in [2.75, 3.05) is 5.75 Å². The lowest BCUT2D eigenvalue weighted by molar-refractivity contribution is 0.560. The van der Waals surface area contributed by atoms with Crippen LogP contribution in [0.2, 0.25) is 0 Å². The second kappa shape index (κ2) is 4.51. The average molecular weight is 100 g/mol. The molecule has 0 bridgehead atoms. The van der Waals surface area contributed by atoms with Gasteiger partial charge in [-0.3, -0.25) is 4.79 Å². The van der Waals surface area contributed by atoms with Gasteiger partial charge in [0.15, 0.2) is 0 Å². The number of carbonyl (C=O) groups excluding carboxylic acids is 1. The lowest BCUT2D eigenvalue weighted by Crippen LogP contribution is -1.70. The molecule has 6 heavy (non-hydrogen) atoms. The Balaban J connectivity index is 2.72. The molecule has 0 aliphatic rings. The molecule has 0 unspecified atom stereocenters. The average Bonchev–Trinajstić information content (AvgIpc) is 1.61. The predicted molar refractivity (Wildman–Crippen MR) is 23.8 cm³/mol. The van der Waals surface area contributed by atoms with Gasteiger partial charge in [0.1, 0.15) is 5.40 Å². The summed E-state index contributed by atoms with van der Waals surface area (Å²) in [4.78, 5) is 9.27. The van der Waals surface area contributed by atoms with Crippen LogP contribution < -0.4 is 0 Å². The molecule has 0 spiro atoms. The molecule has 3 heteroatoms. The van der Waals surface area contributed by atoms with Gasteiger partial charge < -0.3 is 0 Å². The first-order valence-corrected chi connectivity index (χ1v) is 2.26. The number of hydrogen-bond acceptors (Lipinski definition) is 3. The van der Waals surface area contributed by atoms with E-state index in [1.54, 1.807) is 11.7 Å². The molecular formula is C3H2NOS. The lowest BCUT2D eigenvalue weighted by Gasteiger charge is -1.64. The van der Waals surface area contributed by atoms with E-state index in [0.717, 1.165) is 11.8 Å². The zero-order chi connectivity index (χ0) is 4.83. The van der Waals surface area contributed by atoms with Crippen molar-refractivity contribution in [1.82, 2.24) is 0 Å². The third-order valence-electron chi connectivity index (χ3n) is 0.196. The second-order valence-corrected chi connectivity index (χ2v) is 1.28. The topological polar surface area (TPSA) is 40.9 Å². The Labute approximate surface area is 40.1 Å². The van der Waals surface area contributed by atoms with Gasteiger partial charge in [-0.25, -0.2) is 0 Å². The molecule has 0 saturated heterocycles. The van der Waals surface area contributed by atoms with Gasteiger partial charge in [-0.2, -0.15) is 5.26 Å². The van der Waals surface area contributed by atoms with Crippen molar-refractivity contribution in [3.63, 3.8) is 0 Å². The molecule has 1 radical (unpaired) electrons. The number of hydrogen-bond donors (Lipinski definition) is 0. The third kappa shape index (κ3) is 3.51. The Morgan fingerprint density at radius 2 is 2.50 bits per heavy atom. The normalized spacial score (nSPS) is 6.50. The Morgan fingerprint density at radius 1 is 1.83 bits per heavy atom. The first kappa shape index (κ1) is 5.51. The Hall–Kier alpha value is -0.490. The van der Waals surface area contributed by atoms with Gasteiger partial charge >= 0.3 is 0 Å². The Morgan fingerprint density at radius 3 is 2.67 bits per heavy atom. The maximum atomic E-state index is 9.27. The summed E-state index contributed by atoms with van der Waals surface area (Å²) in [6, 6.07) is 0. The van der Waals surface area contributed by atoms with Gasteiger partial charge in [0.25, 0.3) is 0 Å². The zero-order valence-electron chi connectivity index (χ0n) is 2.97. The summed E-state index contributed by atoms with van der Waals surface area (Å²) in [6.45, 7) is 0. The molecule has 0 aliphatic heterocycles. The van der Waals surface area contributed by atoms with Crippen LogP contribution in [0.4, 0.5) is 0 Å². The predicted octanol–water partition coefficient (Wildman–Crippen LogP) is 0.310. The summed E-state index contributed by atoms with van der Waals surface area (Å²) >= 11 is 0.890. The molecular weight excluding hydrogens is 98.1 g/mol. The molecule has 2 nitrogen and oxygen atoms in total. The maximum absolute atomic E-state index is 9.27. The highest BCUT2D eigenvalue weighted by Gasteiger charge is 1.76. The minimum absolute atomic E-state index is 0.163. The lowest BCUT2D eigenvalue weighted by atomic mass is 10.9. The van der Waals surface area contributed by atoms with Crippen LogP contribution >= 0.6 is 11.8 Å². The van der Waals surface area contributed by atoms with Crippen molar-refractivity contribution in [3.8, 4) is 5.40 Å². The Kier molecular flexibility index (Phi) is 4.14. The van der Waals surface area contributed by atoms with Crippen molar-refractivity contribution in [2.45, 2.75) is 0 Å². The first-order valence-electron chi connectivity index (χ1n) is 1.27. The molecule has 0 aliphatic carbocycles. The van der Waals surface area contributed by atoms with Gasteiger partial charge in [0.05, 0.1) is 5.75 Å².